The number of aromatic nitrogens is 3. The smallest absolute Gasteiger partial charge is 0.259 e. The summed E-state index contributed by atoms with van der Waals surface area (Å²) in [6.45, 7) is 1.40. The molecule has 4 rings (SSSR count). The van der Waals surface area contributed by atoms with Crippen molar-refractivity contribution in [2.24, 2.45) is 0 Å². The Labute approximate surface area is 121 Å². The summed E-state index contributed by atoms with van der Waals surface area (Å²) in [7, 11) is 0. The molecular formula is C16H15N3O2. The van der Waals surface area contributed by atoms with Crippen LogP contribution in [0.15, 0.2) is 47.4 Å². The van der Waals surface area contributed by atoms with Gasteiger partial charge in [0.25, 0.3) is 5.56 Å². The predicted molar refractivity (Wildman–Crippen MR) is 80.3 cm³/mol. The lowest BCUT2D eigenvalue weighted by Gasteiger charge is -2.09. The summed E-state index contributed by atoms with van der Waals surface area (Å²) in [4.78, 5) is 15.0. The van der Waals surface area contributed by atoms with Crippen LogP contribution >= 0.6 is 0 Å². The Bertz CT molecular complexity index is 830. The predicted octanol–water partition coefficient (Wildman–Crippen LogP) is 2.35. The van der Waals surface area contributed by atoms with Crippen molar-refractivity contribution in [2.45, 2.75) is 12.5 Å². The highest BCUT2D eigenvalue weighted by Gasteiger charge is 2.23. The Morgan fingerprint density at radius 2 is 2.10 bits per heavy atom. The number of aromatic amines is 1. The normalized spacial score (nSPS) is 18.4. The number of rotatable bonds is 2. The maximum atomic E-state index is 12.3. The monoisotopic (exact) mass is 281 g/mol. The molecule has 3 heterocycles. The first-order valence-corrected chi connectivity index (χ1v) is 7.07. The fourth-order valence-corrected chi connectivity index (χ4v) is 2.89. The van der Waals surface area contributed by atoms with Crippen molar-refractivity contribution in [1.29, 1.82) is 0 Å². The second-order valence-corrected chi connectivity index (χ2v) is 5.24. The lowest BCUT2D eigenvalue weighted by atomic mass is 10.1. The fourth-order valence-electron chi connectivity index (χ4n) is 2.89. The number of H-pyrrole nitrogens is 1. The summed E-state index contributed by atoms with van der Waals surface area (Å²) in [5.41, 5.74) is 2.46. The van der Waals surface area contributed by atoms with Gasteiger partial charge in [-0.15, -0.1) is 0 Å². The van der Waals surface area contributed by atoms with Crippen LogP contribution in [0.4, 0.5) is 0 Å². The van der Waals surface area contributed by atoms with Crippen LogP contribution in [-0.2, 0) is 4.74 Å². The molecule has 5 nitrogen and oxygen atoms in total. The van der Waals surface area contributed by atoms with Gasteiger partial charge in [-0.25, -0.2) is 0 Å². The van der Waals surface area contributed by atoms with E-state index in [4.69, 9.17) is 9.84 Å². The molecule has 1 N–H and O–H groups in total. The molecule has 1 aliphatic rings. The molecule has 0 radical (unpaired) electrons. The summed E-state index contributed by atoms with van der Waals surface area (Å²) in [6.07, 6.45) is 2.60. The molecule has 1 unspecified atom stereocenters. The molecule has 0 bridgehead atoms. The van der Waals surface area contributed by atoms with Crippen molar-refractivity contribution in [3.63, 3.8) is 0 Å². The average Bonchev–Trinajstić information content (AvgIpc) is 3.16. The second kappa shape index (κ2) is 4.86. The fraction of sp³-hybridized carbons (Fsp3) is 0.250. The molecule has 0 amide bonds. The molecule has 1 atom stereocenters. The zero-order valence-corrected chi connectivity index (χ0v) is 11.5. The molecule has 2 aromatic heterocycles. The van der Waals surface area contributed by atoms with Crippen LogP contribution in [0, 0.1) is 0 Å². The van der Waals surface area contributed by atoms with Crippen molar-refractivity contribution in [3.05, 3.63) is 52.9 Å². The highest BCUT2D eigenvalue weighted by Crippen LogP contribution is 2.29. The maximum absolute atomic E-state index is 12.3. The highest BCUT2D eigenvalue weighted by atomic mass is 16.5. The summed E-state index contributed by atoms with van der Waals surface area (Å²) in [5.74, 6) is 0. The summed E-state index contributed by atoms with van der Waals surface area (Å²) >= 11 is 0. The molecule has 0 saturated carbocycles. The minimum absolute atomic E-state index is 0.100. The number of benzene rings is 1. The first-order chi connectivity index (χ1) is 10.3. The van der Waals surface area contributed by atoms with E-state index in [1.807, 2.05) is 41.1 Å². The standard InChI is InChI=1S/C16H15N3O2/c20-16-14-13(6-8-17-16)19(12-7-9-21-10-12)18-15(14)11-4-2-1-3-5-11/h1-6,8,12H,7,9-10H2,(H,17,20). The number of hydrogen-bond acceptors (Lipinski definition) is 3. The van der Waals surface area contributed by atoms with Gasteiger partial charge in [0, 0.05) is 18.4 Å². The minimum Gasteiger partial charge on any atom is -0.379 e. The Morgan fingerprint density at radius 3 is 2.86 bits per heavy atom. The van der Waals surface area contributed by atoms with E-state index in [0.717, 1.165) is 29.8 Å². The van der Waals surface area contributed by atoms with E-state index in [0.29, 0.717) is 12.0 Å². The largest absolute Gasteiger partial charge is 0.379 e. The number of pyridine rings is 1. The molecule has 5 heteroatoms. The molecule has 106 valence electrons. The first kappa shape index (κ1) is 12.3. The average molecular weight is 281 g/mol. The van der Waals surface area contributed by atoms with Gasteiger partial charge in [-0.3, -0.25) is 9.48 Å². The lowest BCUT2D eigenvalue weighted by molar-refractivity contribution is 0.185. The van der Waals surface area contributed by atoms with Crippen molar-refractivity contribution in [3.8, 4) is 11.3 Å². The van der Waals surface area contributed by atoms with Gasteiger partial charge in [-0.05, 0) is 12.5 Å². The van der Waals surface area contributed by atoms with Crippen molar-refractivity contribution >= 4 is 10.9 Å². The Morgan fingerprint density at radius 1 is 1.24 bits per heavy atom. The van der Waals surface area contributed by atoms with Crippen LogP contribution in [-0.4, -0.2) is 28.0 Å². The molecule has 1 aromatic carbocycles. The van der Waals surface area contributed by atoms with E-state index in [2.05, 4.69) is 4.98 Å². The van der Waals surface area contributed by atoms with E-state index in [1.54, 1.807) is 6.20 Å². The van der Waals surface area contributed by atoms with Crippen LogP contribution < -0.4 is 5.56 Å². The molecule has 0 spiro atoms. The quantitative estimate of drug-likeness (QED) is 0.784. The van der Waals surface area contributed by atoms with Gasteiger partial charge in [0.2, 0.25) is 0 Å². The van der Waals surface area contributed by atoms with E-state index in [1.165, 1.54) is 0 Å². The van der Waals surface area contributed by atoms with Gasteiger partial charge >= 0.3 is 0 Å². The topological polar surface area (TPSA) is 59.9 Å². The van der Waals surface area contributed by atoms with Gasteiger partial charge in [-0.2, -0.15) is 5.10 Å². The van der Waals surface area contributed by atoms with Gasteiger partial charge < -0.3 is 9.72 Å². The highest BCUT2D eigenvalue weighted by molar-refractivity contribution is 5.92. The van der Waals surface area contributed by atoms with Crippen LogP contribution in [0.1, 0.15) is 12.5 Å². The SMILES string of the molecule is O=c1[nH]ccc2c1c(-c1ccccc1)nn2C1CCOC1. The third-order valence-corrected chi connectivity index (χ3v) is 3.93. The zero-order chi connectivity index (χ0) is 14.2. The van der Waals surface area contributed by atoms with Gasteiger partial charge in [0.15, 0.2) is 0 Å². The van der Waals surface area contributed by atoms with Gasteiger partial charge in [0.1, 0.15) is 5.69 Å². The Balaban J connectivity index is 2.01. The first-order valence-electron chi connectivity index (χ1n) is 7.07. The number of nitrogens with zero attached hydrogens (tertiary/aromatic N) is 2. The van der Waals surface area contributed by atoms with Crippen LogP contribution in [0.5, 0.6) is 0 Å². The Hall–Kier alpha value is -2.40. The van der Waals surface area contributed by atoms with Crippen molar-refractivity contribution in [2.75, 3.05) is 13.2 Å². The third kappa shape index (κ3) is 1.97. The van der Waals surface area contributed by atoms with Gasteiger partial charge in [0.05, 0.1) is 23.6 Å². The number of nitrogens with one attached hydrogen (secondary N) is 1. The Kier molecular flexibility index (Phi) is 2.86. The number of ether oxygens (including phenoxy) is 1. The van der Waals surface area contributed by atoms with E-state index >= 15 is 0 Å². The van der Waals surface area contributed by atoms with Crippen LogP contribution in [0.3, 0.4) is 0 Å². The van der Waals surface area contributed by atoms with Crippen molar-refractivity contribution in [1.82, 2.24) is 14.8 Å². The third-order valence-electron chi connectivity index (χ3n) is 3.93. The molecule has 1 aliphatic heterocycles. The van der Waals surface area contributed by atoms with E-state index < -0.39 is 0 Å². The maximum Gasteiger partial charge on any atom is 0.259 e. The lowest BCUT2D eigenvalue weighted by Crippen LogP contribution is -2.11. The molecule has 21 heavy (non-hydrogen) atoms. The molecule has 0 aliphatic carbocycles. The van der Waals surface area contributed by atoms with Gasteiger partial charge in [-0.1, -0.05) is 30.3 Å². The number of fused-ring (bicyclic) bond motifs is 1. The van der Waals surface area contributed by atoms with E-state index in [9.17, 15) is 4.79 Å². The van der Waals surface area contributed by atoms with Crippen LogP contribution in [0.2, 0.25) is 0 Å². The van der Waals surface area contributed by atoms with E-state index in [-0.39, 0.29) is 11.6 Å². The molecule has 3 aromatic rings. The van der Waals surface area contributed by atoms with Crippen LogP contribution in [0.25, 0.3) is 22.2 Å². The van der Waals surface area contributed by atoms with Crippen molar-refractivity contribution < 1.29 is 4.74 Å². The molecule has 1 saturated heterocycles. The summed E-state index contributed by atoms with van der Waals surface area (Å²) < 4.78 is 7.40. The second-order valence-electron chi connectivity index (χ2n) is 5.24. The number of hydrogen-bond donors (Lipinski definition) is 1. The summed E-state index contributed by atoms with van der Waals surface area (Å²) in [5, 5.41) is 5.37. The zero-order valence-electron chi connectivity index (χ0n) is 11.5. The summed E-state index contributed by atoms with van der Waals surface area (Å²) in [6, 6.07) is 11.9. The molecular weight excluding hydrogens is 266 g/mol. The minimum atomic E-state index is -0.100. The molecule has 1 fully saturated rings.